The molecule has 0 unspecified atom stereocenters. The van der Waals surface area contributed by atoms with Crippen LogP contribution < -0.4 is 15.4 Å². The summed E-state index contributed by atoms with van der Waals surface area (Å²) in [4.78, 5) is 8.63. The molecule has 0 amide bonds. The molecule has 0 saturated heterocycles. The van der Waals surface area contributed by atoms with Crippen molar-refractivity contribution in [3.63, 3.8) is 0 Å². The Balaban J connectivity index is 0.00000363. The van der Waals surface area contributed by atoms with Gasteiger partial charge >= 0.3 is 6.61 Å². The van der Waals surface area contributed by atoms with Gasteiger partial charge in [0.2, 0.25) is 0 Å². The number of guanidine groups is 1. The van der Waals surface area contributed by atoms with E-state index in [1.165, 1.54) is 5.56 Å². The van der Waals surface area contributed by atoms with Gasteiger partial charge in [-0.2, -0.15) is 8.78 Å². The number of aliphatic imine (C=N–C) groups is 1. The molecule has 0 bridgehead atoms. The molecule has 3 rings (SSSR count). The number of aryl methyl sites for hydroxylation is 3. The van der Waals surface area contributed by atoms with Crippen molar-refractivity contribution in [1.82, 2.24) is 20.2 Å². The maximum absolute atomic E-state index is 12.7. The number of nitrogens with one attached hydrogen (secondary N) is 2. The summed E-state index contributed by atoms with van der Waals surface area (Å²) in [6, 6.07) is 15.4. The Morgan fingerprint density at radius 1 is 1.12 bits per heavy atom. The van der Waals surface area contributed by atoms with E-state index in [-0.39, 0.29) is 29.7 Å². The van der Waals surface area contributed by atoms with Crippen LogP contribution in [0.1, 0.15) is 22.5 Å². The Labute approximate surface area is 204 Å². The first-order valence-corrected chi connectivity index (χ1v) is 10.1. The zero-order valence-corrected chi connectivity index (χ0v) is 20.4. The molecule has 3 aromatic rings. The maximum Gasteiger partial charge on any atom is 0.387 e. The third kappa shape index (κ3) is 7.77. The number of rotatable bonds is 9. The number of hydrogen-bond acceptors (Lipinski definition) is 3. The molecule has 2 aromatic carbocycles. The highest BCUT2D eigenvalue weighted by atomic mass is 127. The molecule has 6 nitrogen and oxygen atoms in total. The normalized spacial score (nSPS) is 11.2. The van der Waals surface area contributed by atoms with Gasteiger partial charge in [-0.15, -0.1) is 24.0 Å². The summed E-state index contributed by atoms with van der Waals surface area (Å²) in [5, 5.41) is 6.37. The van der Waals surface area contributed by atoms with E-state index in [9.17, 15) is 8.78 Å². The molecule has 9 heteroatoms. The van der Waals surface area contributed by atoms with Crippen LogP contribution in [0.4, 0.5) is 8.78 Å². The largest absolute Gasteiger partial charge is 0.434 e. The molecular weight excluding hydrogens is 527 g/mol. The zero-order valence-electron chi connectivity index (χ0n) is 18.1. The summed E-state index contributed by atoms with van der Waals surface area (Å²) in [6.07, 6.45) is 4.65. The lowest BCUT2D eigenvalue weighted by molar-refractivity contribution is -0.0504. The Hall–Kier alpha value is -2.69. The average Bonchev–Trinajstić information content (AvgIpc) is 3.22. The van der Waals surface area contributed by atoms with Crippen LogP contribution in [0, 0.1) is 6.92 Å². The van der Waals surface area contributed by atoms with E-state index in [0.29, 0.717) is 24.6 Å². The molecular formula is C23H28F2IN5O. The smallest absolute Gasteiger partial charge is 0.387 e. The number of halogens is 3. The molecule has 2 N–H and O–H groups in total. The lowest BCUT2D eigenvalue weighted by Gasteiger charge is -2.15. The van der Waals surface area contributed by atoms with E-state index in [1.54, 1.807) is 25.4 Å². The van der Waals surface area contributed by atoms with Gasteiger partial charge in [0.15, 0.2) is 5.96 Å². The molecule has 0 aliphatic carbocycles. The first-order chi connectivity index (χ1) is 15.0. The van der Waals surface area contributed by atoms with Crippen molar-refractivity contribution in [2.75, 3.05) is 7.05 Å². The van der Waals surface area contributed by atoms with Gasteiger partial charge in [-0.1, -0.05) is 48.0 Å². The van der Waals surface area contributed by atoms with Gasteiger partial charge in [-0.25, -0.2) is 4.98 Å². The van der Waals surface area contributed by atoms with Crippen LogP contribution in [-0.4, -0.2) is 29.2 Å². The van der Waals surface area contributed by atoms with E-state index in [0.717, 1.165) is 24.4 Å². The standard InChI is InChI=1S/C23H27F2N5O.HI/c1-17-8-9-20(31-22(24)25)19(14-17)15-28-23(26-2)29-16-21-27-11-13-30(21)12-10-18-6-4-3-5-7-18;/h3-9,11,13-14,22H,10,12,15-16H2,1-2H3,(H2,26,28,29);1H. The van der Waals surface area contributed by atoms with Crippen molar-refractivity contribution in [3.05, 3.63) is 83.4 Å². The molecule has 0 radical (unpaired) electrons. The highest BCUT2D eigenvalue weighted by Crippen LogP contribution is 2.22. The molecule has 32 heavy (non-hydrogen) atoms. The minimum atomic E-state index is -2.87. The van der Waals surface area contributed by atoms with Gasteiger partial charge in [0.05, 0.1) is 6.54 Å². The van der Waals surface area contributed by atoms with Crippen LogP contribution >= 0.6 is 24.0 Å². The average molecular weight is 555 g/mol. The maximum atomic E-state index is 12.7. The third-order valence-electron chi connectivity index (χ3n) is 4.80. The summed E-state index contributed by atoms with van der Waals surface area (Å²) in [6.45, 7) is 0.637. The molecule has 1 heterocycles. The van der Waals surface area contributed by atoms with Crippen molar-refractivity contribution < 1.29 is 13.5 Å². The lowest BCUT2D eigenvalue weighted by atomic mass is 10.1. The Morgan fingerprint density at radius 2 is 1.88 bits per heavy atom. The number of hydrogen-bond donors (Lipinski definition) is 2. The first kappa shape index (κ1) is 25.6. The summed E-state index contributed by atoms with van der Waals surface area (Å²) in [7, 11) is 1.66. The van der Waals surface area contributed by atoms with Crippen LogP contribution in [0.2, 0.25) is 0 Å². The molecule has 0 atom stereocenters. The fourth-order valence-electron chi connectivity index (χ4n) is 3.22. The molecule has 1 aromatic heterocycles. The summed E-state index contributed by atoms with van der Waals surface area (Å²) in [5.74, 6) is 1.58. The van der Waals surface area contributed by atoms with Crippen LogP contribution in [-0.2, 0) is 26.1 Å². The number of ether oxygens (including phenoxy) is 1. The molecule has 0 aliphatic heterocycles. The number of aromatic nitrogens is 2. The molecule has 172 valence electrons. The van der Waals surface area contributed by atoms with Gasteiger partial charge in [0.1, 0.15) is 11.6 Å². The van der Waals surface area contributed by atoms with E-state index in [4.69, 9.17) is 0 Å². The highest BCUT2D eigenvalue weighted by Gasteiger charge is 2.11. The number of alkyl halides is 2. The molecule has 0 saturated carbocycles. The molecule has 0 aliphatic rings. The van der Waals surface area contributed by atoms with Crippen molar-refractivity contribution >= 4 is 29.9 Å². The second-order valence-electron chi connectivity index (χ2n) is 7.04. The van der Waals surface area contributed by atoms with Crippen LogP contribution in [0.3, 0.4) is 0 Å². The zero-order chi connectivity index (χ0) is 22.1. The summed E-state index contributed by atoms with van der Waals surface area (Å²) < 4.78 is 32.0. The lowest BCUT2D eigenvalue weighted by Crippen LogP contribution is -2.37. The van der Waals surface area contributed by atoms with Crippen LogP contribution in [0.15, 0.2) is 65.9 Å². The SMILES string of the molecule is CN=C(NCc1cc(C)ccc1OC(F)F)NCc1nccn1CCc1ccccc1.I. The highest BCUT2D eigenvalue weighted by molar-refractivity contribution is 14.0. The summed E-state index contributed by atoms with van der Waals surface area (Å²) >= 11 is 0. The van der Waals surface area contributed by atoms with Crippen molar-refractivity contribution in [1.29, 1.82) is 0 Å². The third-order valence-corrected chi connectivity index (χ3v) is 4.80. The Bertz CT molecular complexity index is 995. The van der Waals surface area contributed by atoms with E-state index in [1.807, 2.05) is 37.4 Å². The van der Waals surface area contributed by atoms with Crippen LogP contribution in [0.25, 0.3) is 0 Å². The van der Waals surface area contributed by atoms with E-state index < -0.39 is 6.61 Å². The predicted molar refractivity (Wildman–Crippen MR) is 133 cm³/mol. The van der Waals surface area contributed by atoms with Gasteiger partial charge in [-0.05, 0) is 25.0 Å². The fourth-order valence-corrected chi connectivity index (χ4v) is 3.22. The Kier molecular flexibility index (Phi) is 10.4. The van der Waals surface area contributed by atoms with E-state index in [2.05, 4.69) is 42.0 Å². The predicted octanol–water partition coefficient (Wildman–Crippen LogP) is 4.52. The van der Waals surface area contributed by atoms with Crippen molar-refractivity contribution in [2.24, 2.45) is 4.99 Å². The minimum absolute atomic E-state index is 0. The van der Waals surface area contributed by atoms with Crippen molar-refractivity contribution in [2.45, 2.75) is 39.6 Å². The number of nitrogens with zero attached hydrogens (tertiary/aromatic N) is 3. The Morgan fingerprint density at radius 3 is 2.59 bits per heavy atom. The number of benzene rings is 2. The van der Waals surface area contributed by atoms with E-state index >= 15 is 0 Å². The van der Waals surface area contributed by atoms with Gasteiger partial charge in [0, 0.05) is 38.1 Å². The number of imidazole rings is 1. The minimum Gasteiger partial charge on any atom is -0.434 e. The van der Waals surface area contributed by atoms with Gasteiger partial charge in [0.25, 0.3) is 0 Å². The monoisotopic (exact) mass is 555 g/mol. The molecule has 0 spiro atoms. The van der Waals surface area contributed by atoms with Crippen LogP contribution in [0.5, 0.6) is 5.75 Å². The molecule has 0 fully saturated rings. The second-order valence-corrected chi connectivity index (χ2v) is 7.04. The quantitative estimate of drug-likeness (QED) is 0.232. The van der Waals surface area contributed by atoms with Crippen molar-refractivity contribution in [3.8, 4) is 5.75 Å². The van der Waals surface area contributed by atoms with Gasteiger partial charge in [-0.3, -0.25) is 4.99 Å². The van der Waals surface area contributed by atoms with Gasteiger partial charge < -0.3 is 19.9 Å². The fraction of sp³-hybridized carbons (Fsp3) is 0.304. The topological polar surface area (TPSA) is 63.5 Å². The second kappa shape index (κ2) is 13.0. The summed E-state index contributed by atoms with van der Waals surface area (Å²) in [5.41, 5.74) is 2.86. The first-order valence-electron chi connectivity index (χ1n) is 10.1.